The molecule has 1 aliphatic heterocycles. The van der Waals surface area contributed by atoms with E-state index in [-0.39, 0.29) is 49.6 Å². The Bertz CT molecular complexity index is 1410. The topological polar surface area (TPSA) is 45.1 Å². The van der Waals surface area contributed by atoms with Gasteiger partial charge in [0.25, 0.3) is 0 Å². The van der Waals surface area contributed by atoms with Gasteiger partial charge >= 0.3 is 236 Å². The number of rotatable bonds is 5. The Morgan fingerprint density at radius 3 is 1.74 bits per heavy atom. The second-order valence-corrected chi connectivity index (χ2v) is 11.4. The number of para-hydroxylation sites is 1. The van der Waals surface area contributed by atoms with Gasteiger partial charge in [-0.2, -0.15) is 0 Å². The van der Waals surface area contributed by atoms with Crippen LogP contribution in [0.1, 0.15) is 51.4 Å². The van der Waals surface area contributed by atoms with Crippen molar-refractivity contribution < 1.29 is 77.0 Å². The van der Waals surface area contributed by atoms with Gasteiger partial charge in [0.1, 0.15) is 0 Å². The van der Waals surface area contributed by atoms with E-state index in [9.17, 15) is 4.79 Å². The largest absolute Gasteiger partial charge is 1.00 e. The molecule has 0 radical (unpaired) electrons. The minimum absolute atomic E-state index is 0. The predicted octanol–water partition coefficient (Wildman–Crippen LogP) is -5.92. The number of benzene rings is 3. The van der Waals surface area contributed by atoms with Crippen LogP contribution >= 0.6 is 0 Å². The van der Waals surface area contributed by atoms with Crippen molar-refractivity contribution in [2.45, 2.75) is 54.1 Å². The number of carbonyl (C=O) groups is 1. The zero-order valence-electron chi connectivity index (χ0n) is 24.8. The third-order valence-corrected chi connectivity index (χ3v) is 8.74. The average Bonchev–Trinajstić information content (AvgIpc) is 3.25. The number of halogens is 4. The first kappa shape index (κ1) is 38.1. The maximum absolute atomic E-state index is 12.3. The Balaban J connectivity index is 0.00000220. The van der Waals surface area contributed by atoms with Crippen molar-refractivity contribution >= 4 is 33.4 Å². The van der Waals surface area contributed by atoms with E-state index in [1.165, 1.54) is 51.0 Å². The summed E-state index contributed by atoms with van der Waals surface area (Å²) in [6.45, 7) is 17.0. The molecule has 2 bridgehead atoms. The Morgan fingerprint density at radius 1 is 0.857 bits per heavy atom. The molecule has 10 heteroatoms. The number of aliphatic imine (C=N–C) groups is 1. The molecular weight excluding hydrogens is 701 g/mol. The monoisotopic (exact) mass is 735 g/mol. The minimum atomic E-state index is -0.591. The van der Waals surface area contributed by atoms with Gasteiger partial charge in [0.2, 0.25) is 0 Å². The summed E-state index contributed by atoms with van der Waals surface area (Å²) in [5.74, 6) is -0.425. The molecule has 0 saturated carbocycles. The molecule has 1 heterocycles. The normalized spacial score (nSPS) is 14.3. The number of hydrogen-bond donors (Lipinski definition) is 0. The van der Waals surface area contributed by atoms with Crippen LogP contribution in [0.5, 0.6) is 0 Å². The molecule has 0 atom stereocenters. The molecule has 2 aliphatic rings. The summed E-state index contributed by atoms with van der Waals surface area (Å²) in [5.41, 5.74) is 12.5. The van der Waals surface area contributed by atoms with E-state index in [0.29, 0.717) is 6.61 Å². The number of hydrogen-bond acceptors (Lipinski definition) is 5. The first-order valence-electron chi connectivity index (χ1n) is 13.2. The fourth-order valence-corrected chi connectivity index (χ4v) is 7.72. The SMILES string of the molecule is CCOC(=O)C=Nc1c2cccc1C1([C]2=[Ru+4])N(c2c(C)cc(C)cc2C)CCN1c1c(C)cc(C)cc1C.[Cl-].[Cl-].[Cl-].[Cl-]. The zero-order chi connectivity index (χ0) is 27.4. The van der Waals surface area contributed by atoms with E-state index >= 15 is 0 Å². The van der Waals surface area contributed by atoms with E-state index < -0.39 is 11.6 Å². The molecule has 3 aromatic carbocycles. The quantitative estimate of drug-likeness (QED) is 0.149. The van der Waals surface area contributed by atoms with Crippen molar-refractivity contribution in [3.05, 3.63) is 87.0 Å². The van der Waals surface area contributed by atoms with E-state index in [1.54, 1.807) is 6.92 Å². The molecule has 0 unspecified atom stereocenters. The Labute approximate surface area is 284 Å². The number of aryl methyl sites for hydroxylation is 6. The second-order valence-electron chi connectivity index (χ2n) is 10.5. The van der Waals surface area contributed by atoms with Crippen LogP contribution in [0.3, 0.4) is 0 Å². The molecule has 3 aromatic rings. The van der Waals surface area contributed by atoms with Crippen LogP contribution in [-0.2, 0) is 33.0 Å². The van der Waals surface area contributed by atoms with Gasteiger partial charge < -0.3 is 49.6 Å². The average molecular weight is 737 g/mol. The van der Waals surface area contributed by atoms with Crippen molar-refractivity contribution in [1.29, 1.82) is 0 Å². The van der Waals surface area contributed by atoms with Gasteiger partial charge in [-0.1, -0.05) is 0 Å². The summed E-state index contributed by atoms with van der Waals surface area (Å²) in [6.07, 6.45) is 1.32. The Hall–Kier alpha value is -1.95. The van der Waals surface area contributed by atoms with E-state index in [0.717, 1.165) is 34.0 Å². The number of carbonyl (C=O) groups excluding carboxylic acids is 1. The molecule has 226 valence electrons. The standard InChI is InChI=1S/C32H35N3O2.4ClH.Ru/c1-8-37-28(36)19-33-29-26-10-9-11-27(29)32(18-26)34(30-22(4)14-20(2)15-23(30)5)12-13-35(32)31-24(6)16-21(3)17-25(31)7;;;;;/h9-11,14-17,19H,8,12-13H2,1-7H3;4*1H;/q;;;;;+4/p-4. The van der Waals surface area contributed by atoms with E-state index in [4.69, 9.17) is 9.73 Å². The van der Waals surface area contributed by atoms with Crippen molar-refractivity contribution in [3.8, 4) is 0 Å². The summed E-state index contributed by atoms with van der Waals surface area (Å²) in [7, 11) is 0. The van der Waals surface area contributed by atoms with Gasteiger partial charge in [-0.05, 0) is 0 Å². The fraction of sp³-hybridized carbons (Fsp3) is 0.344. The molecule has 0 amide bonds. The Kier molecular flexibility index (Phi) is 13.3. The van der Waals surface area contributed by atoms with Gasteiger partial charge in [-0.3, -0.25) is 0 Å². The summed E-state index contributed by atoms with van der Waals surface area (Å²) in [6, 6.07) is 15.5. The molecule has 5 rings (SSSR count). The molecule has 5 nitrogen and oxygen atoms in total. The van der Waals surface area contributed by atoms with Crippen molar-refractivity contribution in [3.63, 3.8) is 0 Å². The van der Waals surface area contributed by atoms with Crippen LogP contribution in [0.4, 0.5) is 17.1 Å². The second kappa shape index (κ2) is 14.7. The van der Waals surface area contributed by atoms with Crippen LogP contribution in [-0.4, -0.2) is 36.0 Å². The number of ether oxygens (including phenoxy) is 1. The molecular formula is C32H35Cl4N3O2Ru. The summed E-state index contributed by atoms with van der Waals surface area (Å²) >= 11 is 2.93. The smallest absolute Gasteiger partial charge is 1.00 e. The van der Waals surface area contributed by atoms with Crippen LogP contribution in [0.25, 0.3) is 0 Å². The summed E-state index contributed by atoms with van der Waals surface area (Å²) in [4.78, 5) is 22.1. The zero-order valence-corrected chi connectivity index (χ0v) is 29.5. The summed E-state index contributed by atoms with van der Waals surface area (Å²) < 4.78 is 6.31. The first-order valence-corrected chi connectivity index (χ1v) is 14.1. The van der Waals surface area contributed by atoms with Crippen molar-refractivity contribution in [2.24, 2.45) is 4.99 Å². The molecule has 42 heavy (non-hydrogen) atoms. The molecule has 0 aromatic heterocycles. The van der Waals surface area contributed by atoms with Crippen LogP contribution < -0.4 is 59.4 Å². The third-order valence-electron chi connectivity index (χ3n) is 7.66. The molecule has 1 fully saturated rings. The van der Waals surface area contributed by atoms with Gasteiger partial charge in [-0.15, -0.1) is 0 Å². The minimum Gasteiger partial charge on any atom is -1.00 e. The maximum Gasteiger partial charge on any atom is -1.00 e. The van der Waals surface area contributed by atoms with Crippen molar-refractivity contribution in [2.75, 3.05) is 29.5 Å². The number of fused-ring (bicyclic) bond motifs is 3. The Morgan fingerprint density at radius 2 is 1.31 bits per heavy atom. The molecule has 1 saturated heterocycles. The van der Waals surface area contributed by atoms with Crippen LogP contribution in [0.15, 0.2) is 47.5 Å². The van der Waals surface area contributed by atoms with Gasteiger partial charge in [0, 0.05) is 0 Å². The summed E-state index contributed by atoms with van der Waals surface area (Å²) in [5, 5.41) is 0. The molecule has 1 aliphatic carbocycles. The number of nitrogens with zero attached hydrogens (tertiary/aromatic N) is 3. The number of esters is 1. The van der Waals surface area contributed by atoms with Crippen molar-refractivity contribution in [1.82, 2.24) is 0 Å². The fourth-order valence-electron chi connectivity index (χ4n) is 6.67. The van der Waals surface area contributed by atoms with Gasteiger partial charge in [0.15, 0.2) is 0 Å². The maximum atomic E-state index is 12.3. The van der Waals surface area contributed by atoms with Gasteiger partial charge in [0.05, 0.1) is 0 Å². The first-order chi connectivity index (χ1) is 18.1. The third kappa shape index (κ3) is 6.03. The van der Waals surface area contributed by atoms with E-state index in [1.807, 2.05) is 0 Å². The van der Waals surface area contributed by atoms with Gasteiger partial charge in [-0.25, -0.2) is 0 Å². The predicted molar refractivity (Wildman–Crippen MR) is 153 cm³/mol. The van der Waals surface area contributed by atoms with Crippen LogP contribution in [0, 0.1) is 41.5 Å². The number of anilines is 2. The van der Waals surface area contributed by atoms with Crippen LogP contribution in [0.2, 0.25) is 0 Å². The molecule has 1 spiro atoms. The van der Waals surface area contributed by atoms with E-state index in [2.05, 4.69) is 112 Å². The molecule has 0 N–H and O–H groups in total.